The van der Waals surface area contributed by atoms with Crippen LogP contribution in [0.25, 0.3) is 0 Å². The molecule has 1 unspecified atom stereocenters. The molecule has 5 nitrogen and oxygen atoms in total. The van der Waals surface area contributed by atoms with Crippen LogP contribution in [0.2, 0.25) is 0 Å². The number of benzene rings is 2. The molecule has 2 aromatic rings. The monoisotopic (exact) mass is 402 g/mol. The molecule has 3 atom stereocenters. The van der Waals surface area contributed by atoms with Crippen LogP contribution in [0.3, 0.4) is 0 Å². The average molecular weight is 402 g/mol. The van der Waals surface area contributed by atoms with Gasteiger partial charge in [-0.1, -0.05) is 17.7 Å². The number of carbonyl (C=O) groups is 1. The second-order valence-electron chi connectivity index (χ2n) is 7.68. The molecule has 2 aliphatic rings. The van der Waals surface area contributed by atoms with E-state index in [9.17, 15) is 17.6 Å². The van der Waals surface area contributed by atoms with Gasteiger partial charge in [0.05, 0.1) is 4.90 Å². The molecule has 1 amide bonds. The van der Waals surface area contributed by atoms with Gasteiger partial charge >= 0.3 is 0 Å². The Morgan fingerprint density at radius 2 is 1.57 bits per heavy atom. The number of sulfonamides is 1. The summed E-state index contributed by atoms with van der Waals surface area (Å²) in [5.41, 5.74) is 1.42. The van der Waals surface area contributed by atoms with E-state index in [4.69, 9.17) is 0 Å². The molecule has 0 aromatic heterocycles. The molecular formula is C21H23FN2O3S. The smallest absolute Gasteiger partial charge is 0.251 e. The van der Waals surface area contributed by atoms with Crippen molar-refractivity contribution >= 4 is 15.9 Å². The molecule has 28 heavy (non-hydrogen) atoms. The Kier molecular flexibility index (Phi) is 4.97. The number of nitrogens with one attached hydrogen (secondary N) is 1. The molecule has 2 aromatic carbocycles. The van der Waals surface area contributed by atoms with E-state index in [0.29, 0.717) is 23.3 Å². The minimum atomic E-state index is -3.54. The van der Waals surface area contributed by atoms with E-state index in [1.807, 2.05) is 19.1 Å². The first-order valence-electron chi connectivity index (χ1n) is 9.51. The fraction of sp³-hybridized carbons (Fsp3) is 0.381. The van der Waals surface area contributed by atoms with E-state index in [1.54, 1.807) is 16.4 Å². The highest BCUT2D eigenvalue weighted by molar-refractivity contribution is 7.89. The molecular weight excluding hydrogens is 379 g/mol. The number of aryl methyl sites for hydroxylation is 1. The first-order valence-corrected chi connectivity index (χ1v) is 11.0. The fourth-order valence-corrected chi connectivity index (χ4v) is 6.24. The Labute approximate surface area is 164 Å². The van der Waals surface area contributed by atoms with Gasteiger partial charge in [0.15, 0.2) is 0 Å². The third kappa shape index (κ3) is 3.56. The van der Waals surface area contributed by atoms with Gasteiger partial charge in [-0.15, -0.1) is 0 Å². The van der Waals surface area contributed by atoms with E-state index in [1.165, 1.54) is 24.3 Å². The Balaban J connectivity index is 1.48. The van der Waals surface area contributed by atoms with Gasteiger partial charge in [-0.2, -0.15) is 4.31 Å². The van der Waals surface area contributed by atoms with Gasteiger partial charge < -0.3 is 5.32 Å². The van der Waals surface area contributed by atoms with Crippen molar-refractivity contribution in [1.82, 2.24) is 9.62 Å². The van der Waals surface area contributed by atoms with Gasteiger partial charge in [-0.25, -0.2) is 12.8 Å². The highest BCUT2D eigenvalue weighted by Crippen LogP contribution is 2.39. The molecule has 4 rings (SSSR count). The van der Waals surface area contributed by atoms with E-state index >= 15 is 0 Å². The van der Waals surface area contributed by atoms with Crippen LogP contribution in [-0.4, -0.2) is 36.8 Å². The summed E-state index contributed by atoms with van der Waals surface area (Å²) in [7, 11) is -3.54. The molecule has 1 N–H and O–H groups in total. The van der Waals surface area contributed by atoms with Crippen molar-refractivity contribution in [3.05, 3.63) is 65.5 Å². The van der Waals surface area contributed by atoms with Crippen LogP contribution >= 0.6 is 0 Å². The molecule has 2 fully saturated rings. The van der Waals surface area contributed by atoms with Crippen LogP contribution < -0.4 is 5.32 Å². The summed E-state index contributed by atoms with van der Waals surface area (Å²) < 4.78 is 41.0. The third-order valence-electron chi connectivity index (χ3n) is 5.70. The SMILES string of the molecule is Cc1ccc(S(=O)(=O)N2[C@@H]3CC[C@H]2CC(NC(=O)c2ccc(F)cc2)C3)cc1. The molecule has 0 aliphatic carbocycles. The molecule has 7 heteroatoms. The molecule has 2 saturated heterocycles. The molecule has 0 saturated carbocycles. The van der Waals surface area contributed by atoms with E-state index < -0.39 is 10.0 Å². The number of piperidine rings is 1. The maximum Gasteiger partial charge on any atom is 0.251 e. The summed E-state index contributed by atoms with van der Waals surface area (Å²) in [5, 5.41) is 2.99. The maximum absolute atomic E-state index is 13.1. The Bertz CT molecular complexity index is 960. The summed E-state index contributed by atoms with van der Waals surface area (Å²) in [5.74, 6) is -0.636. The zero-order valence-electron chi connectivity index (χ0n) is 15.6. The van der Waals surface area contributed by atoms with Gasteiger partial charge in [-0.05, 0) is 69.0 Å². The minimum absolute atomic E-state index is 0.0838. The highest BCUT2D eigenvalue weighted by atomic mass is 32.2. The Morgan fingerprint density at radius 3 is 2.14 bits per heavy atom. The van der Waals surface area contributed by atoms with Crippen LogP contribution in [0.5, 0.6) is 0 Å². The summed E-state index contributed by atoms with van der Waals surface area (Å²) in [6.07, 6.45) is 2.79. The predicted molar refractivity (Wildman–Crippen MR) is 104 cm³/mol. The lowest BCUT2D eigenvalue weighted by molar-refractivity contribution is 0.0909. The lowest BCUT2D eigenvalue weighted by Gasteiger charge is -2.38. The molecule has 0 radical (unpaired) electrons. The first-order chi connectivity index (χ1) is 13.3. The molecule has 2 heterocycles. The molecule has 2 bridgehead atoms. The van der Waals surface area contributed by atoms with Gasteiger partial charge in [-0.3, -0.25) is 4.79 Å². The third-order valence-corrected chi connectivity index (χ3v) is 7.72. The van der Waals surface area contributed by atoms with Crippen molar-refractivity contribution in [2.45, 2.75) is 55.6 Å². The normalized spacial score (nSPS) is 24.9. The number of fused-ring (bicyclic) bond motifs is 2. The number of hydrogen-bond acceptors (Lipinski definition) is 3. The van der Waals surface area contributed by atoms with Gasteiger partial charge in [0.2, 0.25) is 10.0 Å². The predicted octanol–water partition coefficient (Wildman–Crippen LogP) is 3.25. The summed E-state index contributed by atoms with van der Waals surface area (Å²) in [6.45, 7) is 1.93. The van der Waals surface area contributed by atoms with E-state index in [2.05, 4.69) is 5.32 Å². The number of nitrogens with zero attached hydrogens (tertiary/aromatic N) is 1. The van der Waals surface area contributed by atoms with Crippen LogP contribution in [0, 0.1) is 12.7 Å². The average Bonchev–Trinajstić information content (AvgIpc) is 2.95. The van der Waals surface area contributed by atoms with Crippen LogP contribution in [0.4, 0.5) is 4.39 Å². The minimum Gasteiger partial charge on any atom is -0.349 e. The Hall–Kier alpha value is -2.25. The highest BCUT2D eigenvalue weighted by Gasteiger charge is 2.47. The van der Waals surface area contributed by atoms with Crippen molar-refractivity contribution in [2.75, 3.05) is 0 Å². The van der Waals surface area contributed by atoms with Crippen LogP contribution in [-0.2, 0) is 10.0 Å². The lowest BCUT2D eigenvalue weighted by atomic mass is 9.99. The topological polar surface area (TPSA) is 66.5 Å². The molecule has 148 valence electrons. The van der Waals surface area contributed by atoms with Crippen molar-refractivity contribution in [3.8, 4) is 0 Å². The molecule has 2 aliphatic heterocycles. The van der Waals surface area contributed by atoms with Crippen molar-refractivity contribution < 1.29 is 17.6 Å². The standard InChI is InChI=1S/C21H23FN2O3S/c1-14-2-10-20(11-3-14)28(26,27)24-18-8-9-19(24)13-17(12-18)23-21(25)15-4-6-16(22)7-5-15/h2-7,10-11,17-19H,8-9,12-13H2,1H3,(H,23,25)/t17?,18-,19+. The van der Waals surface area contributed by atoms with Crippen molar-refractivity contribution in [2.24, 2.45) is 0 Å². The fourth-order valence-electron chi connectivity index (χ4n) is 4.35. The first kappa shape index (κ1) is 19.1. The molecule has 0 spiro atoms. The largest absolute Gasteiger partial charge is 0.349 e. The second kappa shape index (κ2) is 7.29. The van der Waals surface area contributed by atoms with Crippen molar-refractivity contribution in [1.29, 1.82) is 0 Å². The van der Waals surface area contributed by atoms with Gasteiger partial charge in [0.1, 0.15) is 5.82 Å². The van der Waals surface area contributed by atoms with Gasteiger partial charge in [0, 0.05) is 23.7 Å². The van der Waals surface area contributed by atoms with Crippen molar-refractivity contribution in [3.63, 3.8) is 0 Å². The summed E-state index contributed by atoms with van der Waals surface area (Å²) in [6, 6.07) is 12.1. The van der Waals surface area contributed by atoms with E-state index in [-0.39, 0.29) is 29.8 Å². The van der Waals surface area contributed by atoms with Crippen LogP contribution in [0.1, 0.15) is 41.6 Å². The quantitative estimate of drug-likeness (QED) is 0.854. The maximum atomic E-state index is 13.1. The Morgan fingerprint density at radius 1 is 1.00 bits per heavy atom. The zero-order valence-corrected chi connectivity index (χ0v) is 16.5. The summed E-state index contributed by atoms with van der Waals surface area (Å²) in [4.78, 5) is 12.7. The van der Waals surface area contributed by atoms with Crippen LogP contribution in [0.15, 0.2) is 53.4 Å². The lowest BCUT2D eigenvalue weighted by Crippen LogP contribution is -2.52. The van der Waals surface area contributed by atoms with E-state index in [0.717, 1.165) is 18.4 Å². The van der Waals surface area contributed by atoms with Gasteiger partial charge in [0.25, 0.3) is 5.91 Å². The number of rotatable bonds is 4. The second-order valence-corrected chi connectivity index (χ2v) is 9.52. The number of hydrogen-bond donors (Lipinski definition) is 1. The zero-order chi connectivity index (χ0) is 19.9. The number of carbonyl (C=O) groups excluding carboxylic acids is 1. The number of amides is 1. The summed E-state index contributed by atoms with van der Waals surface area (Å²) >= 11 is 0. The number of halogens is 1.